The molecule has 5 rings (SSSR count). The largest absolute Gasteiger partial charge is 0.488 e. The zero-order valence-corrected chi connectivity index (χ0v) is 19.4. The Morgan fingerprint density at radius 2 is 1.74 bits per heavy atom. The van der Waals surface area contributed by atoms with E-state index in [0.717, 1.165) is 55.5 Å². The Labute approximate surface area is 200 Å². The van der Waals surface area contributed by atoms with Gasteiger partial charge in [0.2, 0.25) is 5.82 Å². The molecule has 3 aromatic rings. The van der Waals surface area contributed by atoms with Gasteiger partial charge in [0.1, 0.15) is 17.1 Å². The van der Waals surface area contributed by atoms with Crippen LogP contribution in [-0.4, -0.2) is 58.4 Å². The van der Waals surface area contributed by atoms with Crippen molar-refractivity contribution in [2.24, 2.45) is 0 Å². The monoisotopic (exact) mass is 488 g/mol. The van der Waals surface area contributed by atoms with Crippen LogP contribution in [0, 0.1) is 6.92 Å². The summed E-state index contributed by atoms with van der Waals surface area (Å²) < 4.78 is 51.1. The van der Waals surface area contributed by atoms with Gasteiger partial charge in [-0.1, -0.05) is 0 Å². The Morgan fingerprint density at radius 1 is 1.00 bits per heavy atom. The second kappa shape index (κ2) is 9.80. The molecule has 0 atom stereocenters. The Hall–Kier alpha value is -3.21. The third-order valence-corrected chi connectivity index (χ3v) is 6.33. The van der Waals surface area contributed by atoms with E-state index in [9.17, 15) is 13.2 Å². The highest BCUT2D eigenvalue weighted by Crippen LogP contribution is 2.33. The lowest BCUT2D eigenvalue weighted by molar-refractivity contribution is -0.145. The Kier molecular flexibility index (Phi) is 6.59. The first-order valence-corrected chi connectivity index (χ1v) is 11.8. The van der Waals surface area contributed by atoms with Crippen LogP contribution in [0.3, 0.4) is 0 Å². The maximum atomic E-state index is 13.1. The number of fused-ring (bicyclic) bond motifs is 1. The van der Waals surface area contributed by atoms with E-state index in [1.165, 1.54) is 6.92 Å². The topological polar surface area (TPSA) is 85.3 Å². The molecule has 1 aromatic carbocycles. The number of alkyl halides is 3. The van der Waals surface area contributed by atoms with Crippen molar-refractivity contribution in [1.82, 2.24) is 19.9 Å². The lowest BCUT2D eigenvalue weighted by atomic mass is 9.93. The molecule has 0 bridgehead atoms. The Bertz CT molecular complexity index is 1180. The predicted octanol–water partition coefficient (Wildman–Crippen LogP) is 4.39. The number of halogens is 3. The van der Waals surface area contributed by atoms with Gasteiger partial charge >= 0.3 is 6.18 Å². The summed E-state index contributed by atoms with van der Waals surface area (Å²) in [6.07, 6.45) is 1.76. The summed E-state index contributed by atoms with van der Waals surface area (Å²) in [6.45, 7) is 4.51. The number of hydrogen-bond acceptors (Lipinski definition) is 8. The molecule has 0 radical (unpaired) electrons. The van der Waals surface area contributed by atoms with Crippen molar-refractivity contribution in [2.45, 2.75) is 50.9 Å². The van der Waals surface area contributed by atoms with Crippen LogP contribution in [0.5, 0.6) is 5.75 Å². The van der Waals surface area contributed by atoms with Crippen molar-refractivity contribution < 1.29 is 22.6 Å². The summed E-state index contributed by atoms with van der Waals surface area (Å²) in [4.78, 5) is 18.4. The van der Waals surface area contributed by atoms with Gasteiger partial charge in [-0.2, -0.15) is 13.2 Å². The minimum absolute atomic E-state index is 0.0152. The molecule has 1 saturated heterocycles. The molecule has 11 heteroatoms. The second-order valence-corrected chi connectivity index (χ2v) is 8.92. The molecule has 2 aliphatic rings. The molecule has 1 N–H and O–H groups in total. The summed E-state index contributed by atoms with van der Waals surface area (Å²) in [7, 11) is 0. The lowest BCUT2D eigenvalue weighted by Gasteiger charge is -2.31. The number of aryl methyl sites for hydroxylation is 1. The van der Waals surface area contributed by atoms with Crippen molar-refractivity contribution in [3.8, 4) is 5.75 Å². The fourth-order valence-electron chi connectivity index (χ4n) is 4.61. The van der Waals surface area contributed by atoms with Crippen LogP contribution in [0.2, 0.25) is 0 Å². The summed E-state index contributed by atoms with van der Waals surface area (Å²) in [6, 6.07) is 5.61. The number of morpholine rings is 1. The number of nitrogens with one attached hydrogen (secondary N) is 1. The van der Waals surface area contributed by atoms with E-state index in [2.05, 4.69) is 30.2 Å². The minimum Gasteiger partial charge on any atom is -0.488 e. The fourth-order valence-corrected chi connectivity index (χ4v) is 4.61. The first kappa shape index (κ1) is 23.5. The van der Waals surface area contributed by atoms with Gasteiger partial charge in [-0.3, -0.25) is 4.98 Å². The molecule has 8 nitrogen and oxygen atoms in total. The molecule has 186 valence electrons. The smallest absolute Gasteiger partial charge is 0.451 e. The number of ether oxygens (including phenoxy) is 2. The van der Waals surface area contributed by atoms with Crippen LogP contribution in [-0.2, 0) is 10.9 Å². The molecule has 1 saturated carbocycles. The van der Waals surface area contributed by atoms with Crippen molar-refractivity contribution in [3.63, 3.8) is 0 Å². The van der Waals surface area contributed by atoms with Crippen LogP contribution >= 0.6 is 0 Å². The van der Waals surface area contributed by atoms with E-state index >= 15 is 0 Å². The number of hydrogen-bond donors (Lipinski definition) is 1. The van der Waals surface area contributed by atoms with Crippen molar-refractivity contribution in [2.75, 3.05) is 36.5 Å². The van der Waals surface area contributed by atoms with Crippen LogP contribution in [0.4, 0.5) is 24.7 Å². The maximum absolute atomic E-state index is 13.1. The van der Waals surface area contributed by atoms with Gasteiger partial charge in [0.25, 0.3) is 0 Å². The van der Waals surface area contributed by atoms with Crippen LogP contribution in [0.1, 0.15) is 37.2 Å². The second-order valence-electron chi connectivity index (χ2n) is 8.92. The quantitative estimate of drug-likeness (QED) is 0.566. The van der Waals surface area contributed by atoms with Crippen LogP contribution in [0.15, 0.2) is 30.6 Å². The standard InChI is InChI=1S/C24H27F3N6O2/c1-15-12-21(32-23(30-15)24(25,26)27)31-16-2-4-18(5-3-16)35-20-14-17(33-8-10-34-11-9-33)13-19-22(20)29-7-6-28-19/h6-7,12-14,16,18H,2-5,8-11H2,1H3,(H,30,31,32). The summed E-state index contributed by atoms with van der Waals surface area (Å²) in [5.41, 5.74) is 2.81. The van der Waals surface area contributed by atoms with E-state index in [1.807, 2.05) is 12.1 Å². The number of aromatic nitrogens is 4. The fraction of sp³-hybridized carbons (Fsp3) is 0.500. The highest BCUT2D eigenvalue weighted by molar-refractivity contribution is 5.85. The zero-order valence-electron chi connectivity index (χ0n) is 19.4. The van der Waals surface area contributed by atoms with Crippen LogP contribution in [0.25, 0.3) is 11.0 Å². The molecule has 1 aliphatic heterocycles. The molecule has 0 unspecified atom stereocenters. The third kappa shape index (κ3) is 5.55. The molecular formula is C24H27F3N6O2. The molecule has 0 amide bonds. The van der Waals surface area contributed by atoms with Crippen LogP contribution < -0.4 is 15.0 Å². The van der Waals surface area contributed by atoms with Gasteiger partial charge in [-0.25, -0.2) is 15.0 Å². The predicted molar refractivity (Wildman–Crippen MR) is 125 cm³/mol. The molecule has 0 spiro atoms. The first-order valence-electron chi connectivity index (χ1n) is 11.8. The van der Waals surface area contributed by atoms with Gasteiger partial charge in [-0.15, -0.1) is 0 Å². The highest BCUT2D eigenvalue weighted by atomic mass is 19.4. The first-order chi connectivity index (χ1) is 16.8. The minimum atomic E-state index is -4.57. The normalized spacial score (nSPS) is 21.2. The number of benzene rings is 1. The van der Waals surface area contributed by atoms with Crippen molar-refractivity contribution >= 4 is 22.5 Å². The summed E-state index contributed by atoms with van der Waals surface area (Å²) in [5.74, 6) is -0.214. The van der Waals surface area contributed by atoms with E-state index < -0.39 is 12.0 Å². The number of rotatable bonds is 5. The molecule has 2 fully saturated rings. The van der Waals surface area contributed by atoms with E-state index in [0.29, 0.717) is 19.0 Å². The Morgan fingerprint density at radius 3 is 2.49 bits per heavy atom. The zero-order chi connectivity index (χ0) is 24.4. The highest BCUT2D eigenvalue weighted by Gasteiger charge is 2.35. The Balaban J connectivity index is 1.26. The molecule has 1 aliphatic carbocycles. The maximum Gasteiger partial charge on any atom is 0.451 e. The van der Waals surface area contributed by atoms with Gasteiger partial charge in [0, 0.05) is 55.0 Å². The summed E-state index contributed by atoms with van der Waals surface area (Å²) >= 11 is 0. The van der Waals surface area contributed by atoms with E-state index in [4.69, 9.17) is 9.47 Å². The lowest BCUT2D eigenvalue weighted by Crippen LogP contribution is -2.36. The van der Waals surface area contributed by atoms with E-state index in [1.54, 1.807) is 18.5 Å². The van der Waals surface area contributed by atoms with Crippen molar-refractivity contribution in [3.05, 3.63) is 42.1 Å². The van der Waals surface area contributed by atoms with Gasteiger partial charge in [0.15, 0.2) is 0 Å². The molecule has 2 aromatic heterocycles. The average Bonchev–Trinajstić information content (AvgIpc) is 2.85. The molecule has 35 heavy (non-hydrogen) atoms. The van der Waals surface area contributed by atoms with E-state index in [-0.39, 0.29) is 23.7 Å². The van der Waals surface area contributed by atoms with Crippen molar-refractivity contribution in [1.29, 1.82) is 0 Å². The van der Waals surface area contributed by atoms with Gasteiger partial charge < -0.3 is 19.7 Å². The number of nitrogens with zero attached hydrogens (tertiary/aromatic N) is 5. The molecule has 3 heterocycles. The average molecular weight is 489 g/mol. The number of anilines is 2. The molecular weight excluding hydrogens is 461 g/mol. The third-order valence-electron chi connectivity index (χ3n) is 6.33. The van der Waals surface area contributed by atoms with Gasteiger partial charge in [-0.05, 0) is 38.7 Å². The SMILES string of the molecule is Cc1cc(NC2CCC(Oc3cc(N4CCOCC4)cc4nccnc34)CC2)nc(C(F)(F)F)n1. The summed E-state index contributed by atoms with van der Waals surface area (Å²) in [5, 5.41) is 3.15. The van der Waals surface area contributed by atoms with Gasteiger partial charge in [0.05, 0.1) is 24.8 Å².